The van der Waals surface area contributed by atoms with Crippen LogP contribution in [0.25, 0.3) is 0 Å². The molecule has 1 amide bonds. The van der Waals surface area contributed by atoms with Gasteiger partial charge in [-0.1, -0.05) is 0 Å². The molecule has 2 N–H and O–H groups in total. The molecular formula is C14H17FN2O4. The van der Waals surface area contributed by atoms with Crippen molar-refractivity contribution in [2.24, 2.45) is 0 Å². The molecule has 2 unspecified atom stereocenters. The second-order valence-corrected chi connectivity index (χ2v) is 4.72. The van der Waals surface area contributed by atoms with Gasteiger partial charge in [0, 0.05) is 13.7 Å². The van der Waals surface area contributed by atoms with E-state index in [-0.39, 0.29) is 23.3 Å². The van der Waals surface area contributed by atoms with Gasteiger partial charge in [-0.2, -0.15) is 0 Å². The van der Waals surface area contributed by atoms with Crippen LogP contribution < -0.4 is 10.6 Å². The summed E-state index contributed by atoms with van der Waals surface area (Å²) in [4.78, 5) is 23.8. The molecule has 0 bridgehead atoms. The van der Waals surface area contributed by atoms with Gasteiger partial charge in [0.15, 0.2) is 0 Å². The van der Waals surface area contributed by atoms with Gasteiger partial charge in [-0.15, -0.1) is 0 Å². The molecule has 0 saturated carbocycles. The predicted octanol–water partition coefficient (Wildman–Crippen LogP) is 0.928. The number of rotatable bonds is 4. The Kier molecular flexibility index (Phi) is 4.87. The first-order valence-corrected chi connectivity index (χ1v) is 6.50. The Hall–Kier alpha value is -1.99. The zero-order chi connectivity index (χ0) is 15.4. The predicted molar refractivity (Wildman–Crippen MR) is 73.6 cm³/mol. The van der Waals surface area contributed by atoms with Crippen molar-refractivity contribution in [3.05, 3.63) is 29.6 Å². The smallest absolute Gasteiger partial charge is 0.339 e. The molecule has 0 radical (unpaired) electrons. The molecule has 0 aromatic heterocycles. The topological polar surface area (TPSA) is 76.7 Å². The van der Waals surface area contributed by atoms with Gasteiger partial charge in [0.2, 0.25) is 5.91 Å². The van der Waals surface area contributed by atoms with Crippen molar-refractivity contribution >= 4 is 17.6 Å². The second-order valence-electron chi connectivity index (χ2n) is 4.72. The maximum absolute atomic E-state index is 13.3. The molecule has 1 aliphatic heterocycles. The first-order valence-electron chi connectivity index (χ1n) is 6.50. The normalized spacial score (nSPS) is 21.1. The molecular weight excluding hydrogens is 279 g/mol. The Morgan fingerprint density at radius 3 is 2.76 bits per heavy atom. The van der Waals surface area contributed by atoms with E-state index in [1.54, 1.807) is 7.11 Å². The van der Waals surface area contributed by atoms with Crippen molar-refractivity contribution in [1.29, 1.82) is 0 Å². The zero-order valence-corrected chi connectivity index (χ0v) is 11.8. The van der Waals surface area contributed by atoms with Crippen LogP contribution in [0.5, 0.6) is 0 Å². The maximum Gasteiger partial charge on any atom is 0.339 e. The lowest BCUT2D eigenvalue weighted by atomic mass is 10.1. The van der Waals surface area contributed by atoms with Gasteiger partial charge in [-0.3, -0.25) is 4.79 Å². The summed E-state index contributed by atoms with van der Waals surface area (Å²) < 4.78 is 23.1. The van der Waals surface area contributed by atoms with Crippen LogP contribution in [0.15, 0.2) is 18.2 Å². The number of anilines is 1. The summed E-state index contributed by atoms with van der Waals surface area (Å²) in [5, 5.41) is 5.56. The highest BCUT2D eigenvalue weighted by Gasteiger charge is 2.30. The van der Waals surface area contributed by atoms with Gasteiger partial charge in [0.05, 0.1) is 30.5 Å². The highest BCUT2D eigenvalue weighted by atomic mass is 19.1. The molecule has 0 spiro atoms. The number of methoxy groups -OCH3 is 2. The molecule has 1 fully saturated rings. The van der Waals surface area contributed by atoms with Crippen LogP contribution in [0.3, 0.4) is 0 Å². The minimum atomic E-state index is -0.639. The van der Waals surface area contributed by atoms with E-state index < -0.39 is 17.8 Å². The molecule has 114 valence electrons. The molecule has 1 aromatic carbocycles. The van der Waals surface area contributed by atoms with Crippen molar-refractivity contribution < 1.29 is 23.5 Å². The van der Waals surface area contributed by atoms with Gasteiger partial charge in [0.25, 0.3) is 0 Å². The fourth-order valence-electron chi connectivity index (χ4n) is 2.21. The number of ether oxygens (including phenoxy) is 2. The summed E-state index contributed by atoms with van der Waals surface area (Å²) in [5.41, 5.74) is 0.197. The van der Waals surface area contributed by atoms with Crippen LogP contribution in [-0.2, 0) is 14.3 Å². The monoisotopic (exact) mass is 296 g/mol. The van der Waals surface area contributed by atoms with Crippen LogP contribution in [0, 0.1) is 5.82 Å². The standard InChI is InChI=1S/C14H17FN2O4/c1-20-9-6-12(16-7-9)13(18)17-11-5-8(15)3-4-10(11)14(19)21-2/h3-5,9,12,16H,6-7H2,1-2H3,(H,17,18). The highest BCUT2D eigenvalue weighted by Crippen LogP contribution is 2.20. The fourth-order valence-corrected chi connectivity index (χ4v) is 2.21. The molecule has 2 atom stereocenters. The zero-order valence-electron chi connectivity index (χ0n) is 11.8. The SMILES string of the molecule is COC(=O)c1ccc(F)cc1NC(=O)C1CC(OC)CN1. The third-order valence-corrected chi connectivity index (χ3v) is 3.39. The lowest BCUT2D eigenvalue weighted by molar-refractivity contribution is -0.118. The second kappa shape index (κ2) is 6.64. The van der Waals surface area contributed by atoms with Crippen LogP contribution in [0.1, 0.15) is 16.8 Å². The Labute approximate surface area is 121 Å². The van der Waals surface area contributed by atoms with Gasteiger partial charge < -0.3 is 20.1 Å². The highest BCUT2D eigenvalue weighted by molar-refractivity contribution is 6.02. The molecule has 0 aliphatic carbocycles. The minimum Gasteiger partial charge on any atom is -0.465 e. The Balaban J connectivity index is 2.13. The van der Waals surface area contributed by atoms with Crippen molar-refractivity contribution in [1.82, 2.24) is 5.32 Å². The van der Waals surface area contributed by atoms with E-state index in [0.29, 0.717) is 13.0 Å². The molecule has 2 rings (SSSR count). The van der Waals surface area contributed by atoms with Gasteiger partial charge >= 0.3 is 5.97 Å². The van der Waals surface area contributed by atoms with Gasteiger partial charge in [-0.05, 0) is 24.6 Å². The Morgan fingerprint density at radius 1 is 1.38 bits per heavy atom. The molecule has 1 saturated heterocycles. The average molecular weight is 296 g/mol. The number of esters is 1. The number of nitrogens with one attached hydrogen (secondary N) is 2. The van der Waals surface area contributed by atoms with Crippen molar-refractivity contribution in [3.8, 4) is 0 Å². The first-order chi connectivity index (χ1) is 10.0. The molecule has 1 aromatic rings. The fraction of sp³-hybridized carbons (Fsp3) is 0.429. The van der Waals surface area contributed by atoms with E-state index in [2.05, 4.69) is 15.4 Å². The number of carbonyl (C=O) groups excluding carboxylic acids is 2. The molecule has 7 heteroatoms. The summed E-state index contributed by atoms with van der Waals surface area (Å²) in [6, 6.07) is 3.06. The summed E-state index contributed by atoms with van der Waals surface area (Å²) in [6.07, 6.45) is 0.485. The first kappa shape index (κ1) is 15.4. The van der Waals surface area contributed by atoms with Gasteiger partial charge in [0.1, 0.15) is 5.82 Å². The van der Waals surface area contributed by atoms with Crippen molar-refractivity contribution in [2.45, 2.75) is 18.6 Å². The molecule has 1 heterocycles. The Bertz CT molecular complexity index is 550. The number of carbonyl (C=O) groups is 2. The van der Waals surface area contributed by atoms with Crippen LogP contribution in [-0.4, -0.2) is 44.8 Å². The Morgan fingerprint density at radius 2 is 2.14 bits per heavy atom. The minimum absolute atomic E-state index is 0.0339. The van der Waals surface area contributed by atoms with E-state index in [4.69, 9.17) is 4.74 Å². The number of hydrogen-bond donors (Lipinski definition) is 2. The molecule has 21 heavy (non-hydrogen) atoms. The number of halogens is 1. The number of hydrogen-bond acceptors (Lipinski definition) is 5. The summed E-state index contributed by atoms with van der Waals surface area (Å²) in [7, 11) is 2.80. The molecule has 1 aliphatic rings. The molecule has 6 nitrogen and oxygen atoms in total. The maximum atomic E-state index is 13.3. The lowest BCUT2D eigenvalue weighted by Crippen LogP contribution is -2.35. The van der Waals surface area contributed by atoms with E-state index in [9.17, 15) is 14.0 Å². The van der Waals surface area contributed by atoms with Crippen LogP contribution >= 0.6 is 0 Å². The summed E-state index contributed by atoms with van der Waals surface area (Å²) >= 11 is 0. The van der Waals surface area contributed by atoms with Crippen molar-refractivity contribution in [3.63, 3.8) is 0 Å². The van der Waals surface area contributed by atoms with Gasteiger partial charge in [-0.25, -0.2) is 9.18 Å². The van der Waals surface area contributed by atoms with Crippen LogP contribution in [0.4, 0.5) is 10.1 Å². The lowest BCUT2D eigenvalue weighted by Gasteiger charge is -2.13. The number of amides is 1. The third kappa shape index (κ3) is 3.56. The number of benzene rings is 1. The van der Waals surface area contributed by atoms with E-state index in [1.165, 1.54) is 13.2 Å². The summed E-state index contributed by atoms with van der Waals surface area (Å²) in [6.45, 7) is 0.571. The van der Waals surface area contributed by atoms with E-state index in [0.717, 1.165) is 12.1 Å². The van der Waals surface area contributed by atoms with E-state index >= 15 is 0 Å². The third-order valence-electron chi connectivity index (χ3n) is 3.39. The summed E-state index contributed by atoms with van der Waals surface area (Å²) in [5.74, 6) is -1.53. The van der Waals surface area contributed by atoms with Crippen molar-refractivity contribution in [2.75, 3.05) is 26.1 Å². The quantitative estimate of drug-likeness (QED) is 0.808. The largest absolute Gasteiger partial charge is 0.465 e. The average Bonchev–Trinajstić information content (AvgIpc) is 2.95. The van der Waals surface area contributed by atoms with Crippen LogP contribution in [0.2, 0.25) is 0 Å². The van der Waals surface area contributed by atoms with E-state index in [1.807, 2.05) is 0 Å².